The first-order chi connectivity index (χ1) is 6.00. The molecular weight excluding hydrogens is 170 g/mol. The van der Waals surface area contributed by atoms with E-state index >= 15 is 0 Å². The number of aromatic amines is 1. The molecule has 0 unspecified atom stereocenters. The molecule has 0 atom stereocenters. The Morgan fingerprint density at radius 3 is 2.54 bits per heavy atom. The van der Waals surface area contributed by atoms with Crippen LogP contribution in [0.25, 0.3) is 0 Å². The summed E-state index contributed by atoms with van der Waals surface area (Å²) in [5.41, 5.74) is 1.86. The maximum atomic E-state index is 11.0. The predicted molar refractivity (Wildman–Crippen MR) is 46.9 cm³/mol. The molecule has 0 aliphatic carbocycles. The van der Waals surface area contributed by atoms with Crippen LogP contribution in [0.4, 0.5) is 0 Å². The Labute approximate surface area is 75.6 Å². The van der Waals surface area contributed by atoms with Gasteiger partial charge in [-0.05, 0) is 19.9 Å². The number of aliphatic carboxylic acids is 1. The molecule has 1 aromatic rings. The molecule has 0 bridgehead atoms. The molecule has 0 aliphatic rings. The SMILES string of the molecule is CC(=O)c1cc(CC(=O)O)[nH]c1C. The standard InChI is InChI=1S/C9H11NO3/c1-5-8(6(2)11)3-7(10-5)4-9(12)13/h3,10H,4H2,1-2H3,(H,12,13). The van der Waals surface area contributed by atoms with E-state index < -0.39 is 5.97 Å². The van der Waals surface area contributed by atoms with Crippen molar-refractivity contribution in [1.82, 2.24) is 4.98 Å². The first kappa shape index (κ1) is 9.51. The second kappa shape index (κ2) is 3.43. The summed E-state index contributed by atoms with van der Waals surface area (Å²) in [6.45, 7) is 3.21. The lowest BCUT2D eigenvalue weighted by Crippen LogP contribution is -1.99. The van der Waals surface area contributed by atoms with Crippen molar-refractivity contribution in [3.05, 3.63) is 23.0 Å². The van der Waals surface area contributed by atoms with Gasteiger partial charge in [0.15, 0.2) is 5.78 Å². The van der Waals surface area contributed by atoms with E-state index in [1.54, 1.807) is 13.0 Å². The number of hydrogen-bond donors (Lipinski definition) is 2. The smallest absolute Gasteiger partial charge is 0.309 e. The van der Waals surface area contributed by atoms with Crippen molar-refractivity contribution < 1.29 is 14.7 Å². The number of H-pyrrole nitrogens is 1. The Balaban J connectivity index is 2.95. The Morgan fingerprint density at radius 1 is 1.54 bits per heavy atom. The highest BCUT2D eigenvalue weighted by Gasteiger charge is 2.10. The zero-order chi connectivity index (χ0) is 10.0. The lowest BCUT2D eigenvalue weighted by atomic mass is 10.2. The van der Waals surface area contributed by atoms with Gasteiger partial charge < -0.3 is 10.1 Å². The highest BCUT2D eigenvalue weighted by molar-refractivity contribution is 5.95. The number of carboxylic acid groups (broad SMARTS) is 1. The van der Waals surface area contributed by atoms with Gasteiger partial charge >= 0.3 is 5.97 Å². The van der Waals surface area contributed by atoms with E-state index in [0.717, 1.165) is 5.69 Å². The van der Waals surface area contributed by atoms with Crippen LogP contribution >= 0.6 is 0 Å². The Bertz CT molecular complexity index is 352. The fourth-order valence-electron chi connectivity index (χ4n) is 1.25. The van der Waals surface area contributed by atoms with Gasteiger partial charge in [0, 0.05) is 17.0 Å². The summed E-state index contributed by atoms with van der Waals surface area (Å²) >= 11 is 0. The van der Waals surface area contributed by atoms with Crippen LogP contribution in [0.15, 0.2) is 6.07 Å². The molecule has 0 radical (unpaired) electrons. The molecule has 0 aliphatic heterocycles. The van der Waals surface area contributed by atoms with Gasteiger partial charge in [-0.3, -0.25) is 9.59 Å². The van der Waals surface area contributed by atoms with Crippen molar-refractivity contribution >= 4 is 11.8 Å². The van der Waals surface area contributed by atoms with Crippen LogP contribution in [0.5, 0.6) is 0 Å². The van der Waals surface area contributed by atoms with Gasteiger partial charge in [0.2, 0.25) is 0 Å². The number of Topliss-reactive ketones (excluding diaryl/α,β-unsaturated/α-hetero) is 1. The van der Waals surface area contributed by atoms with E-state index in [-0.39, 0.29) is 12.2 Å². The van der Waals surface area contributed by atoms with Gasteiger partial charge in [0.05, 0.1) is 6.42 Å². The molecule has 0 saturated carbocycles. The second-order valence-electron chi connectivity index (χ2n) is 2.96. The minimum atomic E-state index is -0.906. The summed E-state index contributed by atoms with van der Waals surface area (Å²) in [6.07, 6.45) is -0.0753. The Morgan fingerprint density at radius 2 is 2.15 bits per heavy atom. The number of carbonyl (C=O) groups is 2. The molecule has 1 aromatic heterocycles. The lowest BCUT2D eigenvalue weighted by Gasteiger charge is -1.89. The van der Waals surface area contributed by atoms with E-state index in [0.29, 0.717) is 11.3 Å². The summed E-state index contributed by atoms with van der Waals surface area (Å²) in [5.74, 6) is -0.957. The van der Waals surface area contributed by atoms with Crippen LogP contribution in [-0.4, -0.2) is 21.8 Å². The monoisotopic (exact) mass is 181 g/mol. The highest BCUT2D eigenvalue weighted by atomic mass is 16.4. The number of rotatable bonds is 3. The number of carbonyl (C=O) groups excluding carboxylic acids is 1. The number of aryl methyl sites for hydroxylation is 1. The topological polar surface area (TPSA) is 70.2 Å². The average Bonchev–Trinajstić information content (AvgIpc) is 2.29. The minimum absolute atomic E-state index is 0.0506. The maximum absolute atomic E-state index is 11.0. The summed E-state index contributed by atoms with van der Waals surface area (Å²) < 4.78 is 0. The van der Waals surface area contributed by atoms with Crippen LogP contribution < -0.4 is 0 Å². The van der Waals surface area contributed by atoms with Gasteiger partial charge in [-0.2, -0.15) is 0 Å². The van der Waals surface area contributed by atoms with Crippen LogP contribution in [0.1, 0.15) is 28.7 Å². The molecule has 13 heavy (non-hydrogen) atoms. The van der Waals surface area contributed by atoms with Crippen molar-refractivity contribution in [1.29, 1.82) is 0 Å². The summed E-state index contributed by atoms with van der Waals surface area (Å²) in [7, 11) is 0. The summed E-state index contributed by atoms with van der Waals surface area (Å²) in [5, 5.41) is 8.50. The van der Waals surface area contributed by atoms with E-state index in [1.165, 1.54) is 6.92 Å². The number of ketones is 1. The zero-order valence-corrected chi connectivity index (χ0v) is 7.55. The third-order valence-corrected chi connectivity index (χ3v) is 1.79. The fourth-order valence-corrected chi connectivity index (χ4v) is 1.25. The van der Waals surface area contributed by atoms with Crippen molar-refractivity contribution in [3.63, 3.8) is 0 Å². The molecule has 0 spiro atoms. The molecule has 2 N–H and O–H groups in total. The molecule has 70 valence electrons. The molecular formula is C9H11NO3. The maximum Gasteiger partial charge on any atom is 0.309 e. The van der Waals surface area contributed by atoms with Crippen molar-refractivity contribution in [2.45, 2.75) is 20.3 Å². The molecule has 0 fully saturated rings. The van der Waals surface area contributed by atoms with Crippen molar-refractivity contribution in [2.75, 3.05) is 0 Å². The predicted octanol–water partition coefficient (Wildman–Crippen LogP) is 1.15. The van der Waals surface area contributed by atoms with Crippen molar-refractivity contribution in [3.8, 4) is 0 Å². The molecule has 0 aromatic carbocycles. The largest absolute Gasteiger partial charge is 0.481 e. The molecule has 4 heteroatoms. The van der Waals surface area contributed by atoms with Crippen LogP contribution in [0.2, 0.25) is 0 Å². The first-order valence-electron chi connectivity index (χ1n) is 3.92. The number of nitrogens with one attached hydrogen (secondary N) is 1. The average molecular weight is 181 g/mol. The molecule has 0 saturated heterocycles. The quantitative estimate of drug-likeness (QED) is 0.687. The summed E-state index contributed by atoms with van der Waals surface area (Å²) in [4.78, 5) is 24.2. The van der Waals surface area contributed by atoms with Gasteiger partial charge in [-0.25, -0.2) is 0 Å². The highest BCUT2D eigenvalue weighted by Crippen LogP contribution is 2.11. The third kappa shape index (κ3) is 2.18. The second-order valence-corrected chi connectivity index (χ2v) is 2.96. The molecule has 4 nitrogen and oxygen atoms in total. The lowest BCUT2D eigenvalue weighted by molar-refractivity contribution is -0.136. The van der Waals surface area contributed by atoms with E-state index in [1.807, 2.05) is 0 Å². The minimum Gasteiger partial charge on any atom is -0.481 e. The van der Waals surface area contributed by atoms with E-state index in [9.17, 15) is 9.59 Å². The number of carboxylic acids is 1. The van der Waals surface area contributed by atoms with E-state index in [4.69, 9.17) is 5.11 Å². The number of aromatic nitrogens is 1. The number of hydrogen-bond acceptors (Lipinski definition) is 2. The molecule has 1 heterocycles. The van der Waals surface area contributed by atoms with Crippen LogP contribution in [0, 0.1) is 6.92 Å². The Hall–Kier alpha value is -1.58. The molecule has 0 amide bonds. The van der Waals surface area contributed by atoms with Gasteiger partial charge in [-0.1, -0.05) is 0 Å². The molecule has 1 rings (SSSR count). The van der Waals surface area contributed by atoms with Crippen molar-refractivity contribution in [2.24, 2.45) is 0 Å². The zero-order valence-electron chi connectivity index (χ0n) is 7.55. The van der Waals surface area contributed by atoms with Gasteiger partial charge in [0.1, 0.15) is 0 Å². The van der Waals surface area contributed by atoms with Crippen LogP contribution in [-0.2, 0) is 11.2 Å². The fraction of sp³-hybridized carbons (Fsp3) is 0.333. The van der Waals surface area contributed by atoms with Gasteiger partial charge in [-0.15, -0.1) is 0 Å². The third-order valence-electron chi connectivity index (χ3n) is 1.79. The van der Waals surface area contributed by atoms with Crippen LogP contribution in [0.3, 0.4) is 0 Å². The Kier molecular flexibility index (Phi) is 2.51. The first-order valence-corrected chi connectivity index (χ1v) is 3.92. The van der Waals surface area contributed by atoms with Gasteiger partial charge in [0.25, 0.3) is 0 Å². The summed E-state index contributed by atoms with van der Waals surface area (Å²) in [6, 6.07) is 1.59. The van der Waals surface area contributed by atoms with E-state index in [2.05, 4.69) is 4.98 Å². The normalized spacial score (nSPS) is 10.0.